The zero-order chi connectivity index (χ0) is 17.4. The van der Waals surface area contributed by atoms with Gasteiger partial charge in [0, 0.05) is 12.5 Å². The first-order valence-corrected chi connectivity index (χ1v) is 8.47. The standard InChI is InChI=1S/C18H13N3O3S/c1-11-7-8-13(24-11)10-15-17(23)21-18(25-15)19-16(22)14(20-21)9-12-5-3-2-4-6-12/h2-8,10H,9H2,1H3. The number of fused-ring (bicyclic) bond motifs is 1. The summed E-state index contributed by atoms with van der Waals surface area (Å²) in [6.07, 6.45) is 1.97. The minimum Gasteiger partial charge on any atom is -0.462 e. The summed E-state index contributed by atoms with van der Waals surface area (Å²) in [6.45, 7) is 1.83. The third-order valence-corrected chi connectivity index (χ3v) is 4.66. The van der Waals surface area contributed by atoms with Gasteiger partial charge in [-0.3, -0.25) is 9.59 Å². The van der Waals surface area contributed by atoms with Crippen molar-refractivity contribution in [1.82, 2.24) is 14.6 Å². The van der Waals surface area contributed by atoms with E-state index in [-0.39, 0.29) is 16.2 Å². The predicted octanol–water partition coefficient (Wildman–Crippen LogP) is 1.55. The van der Waals surface area contributed by atoms with Gasteiger partial charge in [-0.1, -0.05) is 41.7 Å². The Balaban J connectivity index is 1.83. The zero-order valence-corrected chi connectivity index (χ0v) is 14.1. The van der Waals surface area contributed by atoms with Crippen LogP contribution >= 0.6 is 11.3 Å². The van der Waals surface area contributed by atoms with Gasteiger partial charge >= 0.3 is 0 Å². The fourth-order valence-corrected chi connectivity index (χ4v) is 3.39. The van der Waals surface area contributed by atoms with Crippen LogP contribution in [0.1, 0.15) is 22.8 Å². The molecule has 1 aromatic carbocycles. The van der Waals surface area contributed by atoms with Crippen molar-refractivity contribution in [2.24, 2.45) is 0 Å². The average Bonchev–Trinajstić information content (AvgIpc) is 3.13. The quantitative estimate of drug-likeness (QED) is 0.560. The van der Waals surface area contributed by atoms with Gasteiger partial charge in [0.15, 0.2) is 0 Å². The molecule has 4 rings (SSSR count). The van der Waals surface area contributed by atoms with Crippen molar-refractivity contribution in [2.75, 3.05) is 0 Å². The summed E-state index contributed by atoms with van der Waals surface area (Å²) < 4.78 is 7.07. The summed E-state index contributed by atoms with van der Waals surface area (Å²) in [4.78, 5) is 29.1. The topological polar surface area (TPSA) is 77.5 Å². The first-order chi connectivity index (χ1) is 12.1. The van der Waals surface area contributed by atoms with E-state index in [0.29, 0.717) is 16.7 Å². The molecule has 124 valence electrons. The van der Waals surface area contributed by atoms with Gasteiger partial charge in [0.25, 0.3) is 11.1 Å². The molecule has 0 amide bonds. The van der Waals surface area contributed by atoms with E-state index in [1.165, 1.54) is 4.52 Å². The van der Waals surface area contributed by atoms with Gasteiger partial charge in [0.05, 0.1) is 0 Å². The van der Waals surface area contributed by atoms with Crippen LogP contribution in [0.5, 0.6) is 0 Å². The number of aryl methyl sites for hydroxylation is 1. The lowest BCUT2D eigenvalue weighted by molar-refractivity contribution is 0.525. The van der Waals surface area contributed by atoms with Crippen molar-refractivity contribution in [3.05, 3.63) is 90.5 Å². The second-order valence-corrected chi connectivity index (χ2v) is 6.59. The van der Waals surface area contributed by atoms with Crippen molar-refractivity contribution in [1.29, 1.82) is 0 Å². The molecule has 0 bridgehead atoms. The summed E-state index contributed by atoms with van der Waals surface area (Å²) in [5, 5.41) is 4.23. The highest BCUT2D eigenvalue weighted by atomic mass is 32.1. The third-order valence-electron chi connectivity index (χ3n) is 3.70. The lowest BCUT2D eigenvalue weighted by Gasteiger charge is -1.99. The Morgan fingerprint density at radius 1 is 1.16 bits per heavy atom. The Bertz CT molecular complexity index is 1220. The molecule has 7 heteroatoms. The van der Waals surface area contributed by atoms with Gasteiger partial charge < -0.3 is 4.42 Å². The van der Waals surface area contributed by atoms with Crippen LogP contribution in [0.4, 0.5) is 0 Å². The van der Waals surface area contributed by atoms with Crippen molar-refractivity contribution < 1.29 is 4.42 Å². The smallest absolute Gasteiger partial charge is 0.296 e. The Hall–Kier alpha value is -3.06. The Labute approximate surface area is 145 Å². The second kappa shape index (κ2) is 6.10. The molecule has 0 spiro atoms. The zero-order valence-electron chi connectivity index (χ0n) is 13.3. The van der Waals surface area contributed by atoms with E-state index in [1.807, 2.05) is 43.3 Å². The maximum absolute atomic E-state index is 12.6. The van der Waals surface area contributed by atoms with Crippen molar-refractivity contribution in [2.45, 2.75) is 13.3 Å². The molecule has 0 aliphatic carbocycles. The molecule has 3 aromatic heterocycles. The van der Waals surface area contributed by atoms with E-state index in [4.69, 9.17) is 4.42 Å². The van der Waals surface area contributed by atoms with E-state index in [1.54, 1.807) is 12.1 Å². The first kappa shape index (κ1) is 15.5. The molecule has 0 unspecified atom stereocenters. The average molecular weight is 351 g/mol. The van der Waals surface area contributed by atoms with E-state index in [2.05, 4.69) is 10.1 Å². The van der Waals surface area contributed by atoms with Crippen LogP contribution in [-0.4, -0.2) is 14.6 Å². The van der Waals surface area contributed by atoms with Crippen LogP contribution in [-0.2, 0) is 6.42 Å². The minimum absolute atomic E-state index is 0.249. The van der Waals surface area contributed by atoms with Crippen LogP contribution in [0, 0.1) is 6.92 Å². The number of nitrogens with zero attached hydrogens (tertiary/aromatic N) is 3. The number of aromatic nitrogens is 3. The van der Waals surface area contributed by atoms with Crippen LogP contribution < -0.4 is 15.7 Å². The van der Waals surface area contributed by atoms with Gasteiger partial charge in [0.1, 0.15) is 21.7 Å². The monoisotopic (exact) mass is 351 g/mol. The largest absolute Gasteiger partial charge is 0.462 e. The molecule has 0 aliphatic rings. The van der Waals surface area contributed by atoms with Crippen LogP contribution in [0.15, 0.2) is 56.5 Å². The van der Waals surface area contributed by atoms with Gasteiger partial charge in [-0.2, -0.15) is 14.6 Å². The number of furan rings is 1. The van der Waals surface area contributed by atoms with E-state index >= 15 is 0 Å². The van der Waals surface area contributed by atoms with E-state index in [9.17, 15) is 9.59 Å². The molecule has 0 aliphatic heterocycles. The lowest BCUT2D eigenvalue weighted by atomic mass is 10.1. The van der Waals surface area contributed by atoms with Crippen LogP contribution in [0.25, 0.3) is 11.0 Å². The Morgan fingerprint density at radius 3 is 2.68 bits per heavy atom. The fourth-order valence-electron chi connectivity index (χ4n) is 2.50. The molecule has 3 heterocycles. The highest BCUT2D eigenvalue weighted by Crippen LogP contribution is 2.08. The maximum Gasteiger partial charge on any atom is 0.296 e. The molecule has 0 N–H and O–H groups in total. The highest BCUT2D eigenvalue weighted by Gasteiger charge is 2.12. The van der Waals surface area contributed by atoms with Gasteiger partial charge in [-0.05, 0) is 24.6 Å². The van der Waals surface area contributed by atoms with Crippen molar-refractivity contribution >= 4 is 22.4 Å². The Morgan fingerprint density at radius 2 is 1.96 bits per heavy atom. The van der Waals surface area contributed by atoms with E-state index in [0.717, 1.165) is 22.7 Å². The molecular weight excluding hydrogens is 338 g/mol. The molecular formula is C18H13N3O3S. The first-order valence-electron chi connectivity index (χ1n) is 7.65. The summed E-state index contributed by atoms with van der Waals surface area (Å²) in [6, 6.07) is 13.1. The van der Waals surface area contributed by atoms with Crippen molar-refractivity contribution in [3.63, 3.8) is 0 Å². The number of hydrogen-bond acceptors (Lipinski definition) is 6. The van der Waals surface area contributed by atoms with E-state index < -0.39 is 5.56 Å². The normalized spacial score (nSPS) is 12.1. The molecule has 0 saturated carbocycles. The Kier molecular flexibility index (Phi) is 3.77. The number of thiazole rings is 1. The SMILES string of the molecule is Cc1ccc(C=c2sc3nc(=O)c(Cc4ccccc4)nn3c2=O)o1. The van der Waals surface area contributed by atoms with Crippen LogP contribution in [0.2, 0.25) is 0 Å². The molecule has 0 saturated heterocycles. The second-order valence-electron chi connectivity index (χ2n) is 5.58. The third kappa shape index (κ3) is 3.01. The number of benzene rings is 1. The fraction of sp³-hybridized carbons (Fsp3) is 0.111. The maximum atomic E-state index is 12.6. The molecule has 6 nitrogen and oxygen atoms in total. The molecule has 0 fully saturated rings. The van der Waals surface area contributed by atoms with Gasteiger partial charge in [-0.25, -0.2) is 0 Å². The summed E-state index contributed by atoms with van der Waals surface area (Å²) >= 11 is 1.12. The molecule has 0 radical (unpaired) electrons. The van der Waals surface area contributed by atoms with Crippen molar-refractivity contribution in [3.8, 4) is 0 Å². The van der Waals surface area contributed by atoms with Gasteiger partial charge in [-0.15, -0.1) is 0 Å². The summed E-state index contributed by atoms with van der Waals surface area (Å²) in [7, 11) is 0. The molecule has 4 aromatic rings. The predicted molar refractivity (Wildman–Crippen MR) is 94.9 cm³/mol. The molecule has 25 heavy (non-hydrogen) atoms. The number of hydrogen-bond donors (Lipinski definition) is 0. The summed E-state index contributed by atoms with van der Waals surface area (Å²) in [5.41, 5.74) is 0.467. The van der Waals surface area contributed by atoms with Crippen LogP contribution in [0.3, 0.4) is 0 Å². The number of rotatable bonds is 3. The highest BCUT2D eigenvalue weighted by molar-refractivity contribution is 7.15. The summed E-state index contributed by atoms with van der Waals surface area (Å²) in [5.74, 6) is 1.34. The molecule has 0 atom stereocenters. The lowest BCUT2D eigenvalue weighted by Crippen LogP contribution is -2.28. The minimum atomic E-state index is -0.412. The van der Waals surface area contributed by atoms with Gasteiger partial charge in [0.2, 0.25) is 4.96 Å².